The van der Waals surface area contributed by atoms with Gasteiger partial charge in [0.1, 0.15) is 11.3 Å². The van der Waals surface area contributed by atoms with Crippen LogP contribution in [0, 0.1) is 6.92 Å². The third kappa shape index (κ3) is 4.17. The highest BCUT2D eigenvalue weighted by Gasteiger charge is 2.60. The van der Waals surface area contributed by atoms with E-state index in [0.29, 0.717) is 38.9 Å². The number of likely N-dealkylation sites (tertiary alicyclic amines) is 1. The van der Waals surface area contributed by atoms with Gasteiger partial charge in [-0.1, -0.05) is 25.1 Å². The number of piperidine rings is 1. The lowest BCUT2D eigenvalue weighted by Gasteiger charge is -2.60. The summed E-state index contributed by atoms with van der Waals surface area (Å²) in [6, 6.07) is 6.98. The fourth-order valence-electron chi connectivity index (χ4n) is 7.61. The van der Waals surface area contributed by atoms with Crippen LogP contribution >= 0.6 is 0 Å². The quantitative estimate of drug-likeness (QED) is 0.591. The maximum absolute atomic E-state index is 13.9. The molecule has 0 bridgehead atoms. The number of carbonyl (C=O) groups is 1. The molecule has 1 aromatic carbocycles. The van der Waals surface area contributed by atoms with E-state index in [1.165, 1.54) is 5.57 Å². The van der Waals surface area contributed by atoms with Crippen molar-refractivity contribution in [1.82, 2.24) is 14.4 Å². The Kier molecular flexibility index (Phi) is 7.34. The van der Waals surface area contributed by atoms with Crippen molar-refractivity contribution < 1.29 is 15.0 Å². The predicted octanol–water partition coefficient (Wildman–Crippen LogP) is 4.11. The van der Waals surface area contributed by atoms with Gasteiger partial charge >= 0.3 is 0 Å². The van der Waals surface area contributed by atoms with Crippen LogP contribution < -0.4 is 5.56 Å². The molecule has 2 aromatic rings. The monoisotopic (exact) mass is 545 g/mol. The Morgan fingerprint density at radius 3 is 2.60 bits per heavy atom. The molecule has 0 spiro atoms. The fourth-order valence-corrected chi connectivity index (χ4v) is 7.61. The van der Waals surface area contributed by atoms with Crippen LogP contribution in [0.15, 0.2) is 52.4 Å². The lowest BCUT2D eigenvalue weighted by Crippen LogP contribution is -2.70. The number of aliphatic hydroxyl groups is 1. The summed E-state index contributed by atoms with van der Waals surface area (Å²) in [7, 11) is 2.04. The predicted molar refractivity (Wildman–Crippen MR) is 158 cm³/mol. The lowest BCUT2D eigenvalue weighted by molar-refractivity contribution is -0.133. The smallest absolute Gasteiger partial charge is 0.263 e. The lowest BCUT2D eigenvalue weighted by atomic mass is 9.53. The van der Waals surface area contributed by atoms with Gasteiger partial charge in [-0.2, -0.15) is 0 Å². The molecule has 3 aliphatic rings. The minimum Gasteiger partial charge on any atom is -0.508 e. The van der Waals surface area contributed by atoms with Crippen LogP contribution in [-0.2, 0) is 24.8 Å². The van der Waals surface area contributed by atoms with Gasteiger partial charge in [0.2, 0.25) is 0 Å². The van der Waals surface area contributed by atoms with E-state index in [4.69, 9.17) is 0 Å². The molecule has 0 saturated carbocycles. The number of carbonyl (C=O) groups excluding carboxylic acids is 1. The van der Waals surface area contributed by atoms with E-state index < -0.39 is 11.0 Å². The van der Waals surface area contributed by atoms with Crippen molar-refractivity contribution in [2.75, 3.05) is 26.7 Å². The van der Waals surface area contributed by atoms with Crippen LogP contribution in [-0.4, -0.2) is 68.8 Å². The number of likely N-dealkylation sites (N-methyl/N-ethyl adjacent to an activating group) is 1. The molecule has 1 aliphatic carbocycles. The topological polar surface area (TPSA) is 86.0 Å². The SMILES string of the molecule is C/C=C\C1=C(CC)CN(C(=O)c2cc3c(n(CC)c2=O)CC2(c4cc(O)ccc4C)CCN(C)C(C)C2(O)C3)C1. The van der Waals surface area contributed by atoms with Gasteiger partial charge in [0.15, 0.2) is 0 Å². The molecule has 2 aliphatic heterocycles. The van der Waals surface area contributed by atoms with Crippen LogP contribution in [0.5, 0.6) is 5.75 Å². The molecule has 1 aromatic heterocycles. The van der Waals surface area contributed by atoms with Crippen LogP contribution in [0.25, 0.3) is 0 Å². The molecule has 1 fully saturated rings. The third-order valence-electron chi connectivity index (χ3n) is 10.1. The van der Waals surface area contributed by atoms with E-state index >= 15 is 0 Å². The molecule has 2 N–H and O–H groups in total. The standard InChI is InChI=1S/C33H43N3O4/c1-7-10-24-20-35(19-23(24)8-2)30(38)27-15-25-17-33(40)22(5)34(6)14-13-32(33,18-29(25)36(9-3)31(27)39)28-16-26(37)12-11-21(28)4/h7,10-12,15-16,22,37,40H,8-9,13-14,17-20H2,1-6H3/b10-7-. The highest BCUT2D eigenvalue weighted by molar-refractivity contribution is 5.95. The number of phenolic OH excluding ortho intramolecular Hbond substituents is 1. The van der Waals surface area contributed by atoms with Crippen LogP contribution in [0.1, 0.15) is 73.3 Å². The minimum absolute atomic E-state index is 0.171. The molecule has 3 unspecified atom stereocenters. The van der Waals surface area contributed by atoms with E-state index in [2.05, 4.69) is 24.8 Å². The number of allylic oxidation sites excluding steroid dienone is 1. The zero-order chi connectivity index (χ0) is 29.0. The number of benzene rings is 1. The minimum atomic E-state index is -1.16. The first kappa shape index (κ1) is 28.4. The Bertz CT molecular complexity index is 1470. The molecule has 3 atom stereocenters. The Hall–Kier alpha value is -3.16. The van der Waals surface area contributed by atoms with E-state index in [9.17, 15) is 19.8 Å². The molecule has 40 heavy (non-hydrogen) atoms. The van der Waals surface area contributed by atoms with Crippen molar-refractivity contribution in [2.45, 2.75) is 83.9 Å². The molecule has 214 valence electrons. The van der Waals surface area contributed by atoms with Gasteiger partial charge in [0, 0.05) is 49.6 Å². The van der Waals surface area contributed by atoms with Gasteiger partial charge in [0.05, 0.1) is 5.60 Å². The van der Waals surface area contributed by atoms with E-state index in [1.54, 1.807) is 27.7 Å². The van der Waals surface area contributed by atoms with Crippen molar-refractivity contribution >= 4 is 5.91 Å². The number of aromatic nitrogens is 1. The number of phenols is 1. The summed E-state index contributed by atoms with van der Waals surface area (Å²) in [5, 5.41) is 23.2. The number of hydrogen-bond acceptors (Lipinski definition) is 5. The molecule has 1 amide bonds. The Balaban J connectivity index is 1.65. The summed E-state index contributed by atoms with van der Waals surface area (Å²) in [5.41, 5.74) is 4.13. The number of hydrogen-bond donors (Lipinski definition) is 2. The molecule has 7 heteroatoms. The van der Waals surface area contributed by atoms with Crippen LogP contribution in [0.3, 0.4) is 0 Å². The zero-order valence-corrected chi connectivity index (χ0v) is 24.8. The molecular formula is C33H43N3O4. The van der Waals surface area contributed by atoms with E-state index in [-0.39, 0.29) is 28.8 Å². The summed E-state index contributed by atoms with van der Waals surface area (Å²) < 4.78 is 1.75. The molecule has 1 saturated heterocycles. The average Bonchev–Trinajstić information content (AvgIpc) is 3.35. The van der Waals surface area contributed by atoms with E-state index in [1.807, 2.05) is 40.0 Å². The van der Waals surface area contributed by atoms with Crippen molar-refractivity contribution in [3.63, 3.8) is 0 Å². The number of rotatable bonds is 5. The van der Waals surface area contributed by atoms with Gasteiger partial charge in [-0.3, -0.25) is 9.59 Å². The maximum Gasteiger partial charge on any atom is 0.263 e. The van der Waals surface area contributed by atoms with Crippen LogP contribution in [0.4, 0.5) is 0 Å². The first-order valence-corrected chi connectivity index (χ1v) is 14.6. The zero-order valence-electron chi connectivity index (χ0n) is 24.8. The summed E-state index contributed by atoms with van der Waals surface area (Å²) in [6.45, 7) is 12.4. The van der Waals surface area contributed by atoms with Crippen molar-refractivity contribution in [1.29, 1.82) is 0 Å². The van der Waals surface area contributed by atoms with Gasteiger partial charge in [0.25, 0.3) is 11.5 Å². The molecule has 3 heterocycles. The van der Waals surface area contributed by atoms with Gasteiger partial charge < -0.3 is 24.6 Å². The largest absolute Gasteiger partial charge is 0.508 e. The summed E-state index contributed by atoms with van der Waals surface area (Å²) in [6.07, 6.45) is 6.40. The van der Waals surface area contributed by atoms with Gasteiger partial charge in [-0.25, -0.2) is 0 Å². The second kappa shape index (κ2) is 10.3. The average molecular weight is 546 g/mol. The highest BCUT2D eigenvalue weighted by Crippen LogP contribution is 2.53. The Labute approximate surface area is 237 Å². The number of pyridine rings is 1. The molecule has 5 rings (SSSR count). The summed E-state index contributed by atoms with van der Waals surface area (Å²) in [4.78, 5) is 31.7. The summed E-state index contributed by atoms with van der Waals surface area (Å²) >= 11 is 0. The van der Waals surface area contributed by atoms with Crippen molar-refractivity contribution in [2.24, 2.45) is 0 Å². The highest BCUT2D eigenvalue weighted by atomic mass is 16.3. The first-order chi connectivity index (χ1) is 19.0. The second-order valence-corrected chi connectivity index (χ2v) is 12.0. The van der Waals surface area contributed by atoms with E-state index in [0.717, 1.165) is 40.9 Å². The number of aromatic hydroxyl groups is 1. The third-order valence-corrected chi connectivity index (χ3v) is 10.1. The molecule has 7 nitrogen and oxygen atoms in total. The summed E-state index contributed by atoms with van der Waals surface area (Å²) in [5.74, 6) is -0.0756. The number of nitrogens with zero attached hydrogens (tertiary/aromatic N) is 3. The Morgan fingerprint density at radius 2 is 1.93 bits per heavy atom. The number of aryl methyl sites for hydroxylation is 1. The molecular weight excluding hydrogens is 502 g/mol. The maximum atomic E-state index is 13.9. The fraction of sp³-hybridized carbons (Fsp3) is 0.515. The van der Waals surface area contributed by atoms with Gasteiger partial charge in [-0.15, -0.1) is 0 Å². The van der Waals surface area contributed by atoms with Crippen molar-refractivity contribution in [3.05, 3.63) is 85.9 Å². The van der Waals surface area contributed by atoms with Crippen LogP contribution in [0.2, 0.25) is 0 Å². The first-order valence-electron chi connectivity index (χ1n) is 14.6. The second-order valence-electron chi connectivity index (χ2n) is 12.0. The number of fused-ring (bicyclic) bond motifs is 2. The van der Waals surface area contributed by atoms with Crippen molar-refractivity contribution in [3.8, 4) is 5.75 Å². The number of amides is 1. The molecule has 0 radical (unpaired) electrons. The van der Waals surface area contributed by atoms with Gasteiger partial charge in [-0.05, 0) is 100 Å². The normalized spacial score (nSPS) is 26.9. The Morgan fingerprint density at radius 1 is 1.18 bits per heavy atom.